The number of H-pyrrole nitrogens is 1. The highest BCUT2D eigenvalue weighted by Gasteiger charge is 2.22. The van der Waals surface area contributed by atoms with E-state index in [1.165, 1.54) is 11.5 Å². The van der Waals surface area contributed by atoms with Gasteiger partial charge >= 0.3 is 0 Å². The molecule has 0 saturated carbocycles. The zero-order valence-corrected chi connectivity index (χ0v) is 13.5. The summed E-state index contributed by atoms with van der Waals surface area (Å²) in [7, 11) is 0. The fraction of sp³-hybridized carbons (Fsp3) is 0.188. The van der Waals surface area contributed by atoms with Crippen molar-refractivity contribution >= 4 is 44.2 Å². The lowest BCUT2D eigenvalue weighted by atomic mass is 10.0. The van der Waals surface area contributed by atoms with Crippen molar-refractivity contribution in [2.75, 3.05) is 5.32 Å². The number of aromatic amines is 1. The number of aromatic nitrogens is 4. The summed E-state index contributed by atoms with van der Waals surface area (Å²) in [4.78, 5) is 4.34. The third-order valence-electron chi connectivity index (χ3n) is 3.63. The van der Waals surface area contributed by atoms with Crippen molar-refractivity contribution in [1.82, 2.24) is 19.6 Å². The first-order valence-corrected chi connectivity index (χ1v) is 7.98. The maximum atomic E-state index is 10.2. The van der Waals surface area contributed by atoms with Gasteiger partial charge in [-0.25, -0.2) is 0 Å². The molecule has 0 unspecified atom stereocenters. The number of nitrogens with zero attached hydrogens (tertiary/aromatic N) is 3. The van der Waals surface area contributed by atoms with E-state index in [1.807, 2.05) is 30.3 Å². The maximum absolute atomic E-state index is 10.2. The second kappa shape index (κ2) is 5.00. The normalized spacial score (nSPS) is 12.1. The number of aliphatic hydroxyl groups is 1. The lowest BCUT2D eigenvalue weighted by Gasteiger charge is -2.14. The number of fused-ring (bicyclic) bond motifs is 2. The van der Waals surface area contributed by atoms with E-state index >= 15 is 0 Å². The summed E-state index contributed by atoms with van der Waals surface area (Å²) in [6, 6.07) is 9.73. The van der Waals surface area contributed by atoms with Crippen LogP contribution in [0.2, 0.25) is 0 Å². The number of nitrogens with one attached hydrogen (secondary N) is 2. The third kappa shape index (κ3) is 2.43. The summed E-state index contributed by atoms with van der Waals surface area (Å²) < 4.78 is 5.40. The molecule has 6 nitrogen and oxygen atoms in total. The van der Waals surface area contributed by atoms with Gasteiger partial charge in [0.15, 0.2) is 5.82 Å². The average molecular weight is 325 g/mol. The quantitative estimate of drug-likeness (QED) is 0.536. The summed E-state index contributed by atoms with van der Waals surface area (Å²) in [6.45, 7) is 3.49. The van der Waals surface area contributed by atoms with E-state index in [9.17, 15) is 5.11 Å². The molecule has 3 aromatic heterocycles. The fourth-order valence-electron chi connectivity index (χ4n) is 2.53. The number of benzene rings is 1. The van der Waals surface area contributed by atoms with Crippen molar-refractivity contribution in [3.05, 3.63) is 42.2 Å². The third-order valence-corrected chi connectivity index (χ3v) is 4.44. The Balaban J connectivity index is 1.73. The molecule has 0 saturated heterocycles. The van der Waals surface area contributed by atoms with Crippen molar-refractivity contribution in [3.8, 4) is 0 Å². The minimum absolute atomic E-state index is 0.687. The zero-order chi connectivity index (χ0) is 16.0. The van der Waals surface area contributed by atoms with Crippen molar-refractivity contribution in [2.24, 2.45) is 0 Å². The van der Waals surface area contributed by atoms with E-state index in [0.29, 0.717) is 11.5 Å². The highest BCUT2D eigenvalue weighted by atomic mass is 32.1. The minimum Gasteiger partial charge on any atom is -0.384 e. The van der Waals surface area contributed by atoms with Crippen LogP contribution in [0.15, 0.2) is 36.5 Å². The molecule has 0 radical (unpaired) electrons. The van der Waals surface area contributed by atoms with E-state index in [2.05, 4.69) is 24.9 Å². The molecular formula is C16H15N5OS. The molecule has 1 aromatic carbocycles. The van der Waals surface area contributed by atoms with Gasteiger partial charge in [0.25, 0.3) is 0 Å². The second-order valence-corrected chi connectivity index (χ2v) is 6.70. The monoisotopic (exact) mass is 325 g/mol. The topological polar surface area (TPSA) is 86.7 Å². The van der Waals surface area contributed by atoms with Crippen LogP contribution in [-0.4, -0.2) is 24.7 Å². The van der Waals surface area contributed by atoms with Crippen molar-refractivity contribution in [1.29, 1.82) is 0 Å². The van der Waals surface area contributed by atoms with Gasteiger partial charge in [-0.15, -0.1) is 0 Å². The predicted molar refractivity (Wildman–Crippen MR) is 92.0 cm³/mol. The van der Waals surface area contributed by atoms with E-state index in [-0.39, 0.29) is 0 Å². The van der Waals surface area contributed by atoms with E-state index in [0.717, 1.165) is 26.8 Å². The van der Waals surface area contributed by atoms with E-state index < -0.39 is 5.60 Å². The van der Waals surface area contributed by atoms with Crippen LogP contribution in [0.4, 0.5) is 11.5 Å². The minimum atomic E-state index is -0.949. The van der Waals surface area contributed by atoms with Gasteiger partial charge in [-0.1, -0.05) is 0 Å². The molecular weight excluding hydrogens is 310 g/mol. The SMILES string of the molecule is CC(C)(O)c1nsc2cc(Nc3n[nH]c4cccnc34)ccc12. The molecule has 4 aromatic rings. The molecule has 0 spiro atoms. The molecule has 23 heavy (non-hydrogen) atoms. The Morgan fingerprint density at radius 3 is 2.96 bits per heavy atom. The number of rotatable bonds is 3. The number of anilines is 2. The molecule has 0 bridgehead atoms. The lowest BCUT2D eigenvalue weighted by Crippen LogP contribution is -2.15. The lowest BCUT2D eigenvalue weighted by molar-refractivity contribution is 0.0765. The van der Waals surface area contributed by atoms with Crippen LogP contribution in [0.3, 0.4) is 0 Å². The summed E-state index contributed by atoms with van der Waals surface area (Å²) in [6.07, 6.45) is 1.74. The molecule has 0 fully saturated rings. The highest BCUT2D eigenvalue weighted by molar-refractivity contribution is 7.13. The molecule has 7 heteroatoms. The molecule has 0 atom stereocenters. The molecule has 0 aliphatic heterocycles. The molecule has 3 heterocycles. The van der Waals surface area contributed by atoms with Gasteiger partial charge in [0.2, 0.25) is 0 Å². The smallest absolute Gasteiger partial charge is 0.178 e. The number of hydrogen-bond acceptors (Lipinski definition) is 6. The Morgan fingerprint density at radius 1 is 1.26 bits per heavy atom. The molecule has 0 amide bonds. The summed E-state index contributed by atoms with van der Waals surface area (Å²) in [5.74, 6) is 0.687. The second-order valence-electron chi connectivity index (χ2n) is 5.90. The van der Waals surface area contributed by atoms with E-state index in [4.69, 9.17) is 0 Å². The molecule has 0 aliphatic carbocycles. The van der Waals surface area contributed by atoms with Crippen LogP contribution in [0.1, 0.15) is 19.5 Å². The van der Waals surface area contributed by atoms with Gasteiger partial charge in [0, 0.05) is 17.3 Å². The Hall–Kier alpha value is -2.51. The Kier molecular flexibility index (Phi) is 3.07. The van der Waals surface area contributed by atoms with Crippen LogP contribution >= 0.6 is 11.5 Å². The van der Waals surface area contributed by atoms with E-state index in [1.54, 1.807) is 20.0 Å². The van der Waals surface area contributed by atoms with Crippen LogP contribution in [0, 0.1) is 0 Å². The van der Waals surface area contributed by atoms with Gasteiger partial charge < -0.3 is 10.4 Å². The van der Waals surface area contributed by atoms with Crippen LogP contribution in [0.5, 0.6) is 0 Å². The number of hydrogen-bond donors (Lipinski definition) is 3. The van der Waals surface area contributed by atoms with Crippen molar-refractivity contribution in [2.45, 2.75) is 19.4 Å². The maximum Gasteiger partial charge on any atom is 0.178 e. The molecule has 4 rings (SSSR count). The van der Waals surface area contributed by atoms with Gasteiger partial charge in [0.05, 0.1) is 15.9 Å². The van der Waals surface area contributed by atoms with Gasteiger partial charge in [-0.05, 0) is 55.7 Å². The Morgan fingerprint density at radius 2 is 2.13 bits per heavy atom. The van der Waals surface area contributed by atoms with Crippen molar-refractivity contribution < 1.29 is 5.11 Å². The Bertz CT molecular complexity index is 998. The van der Waals surface area contributed by atoms with Crippen LogP contribution in [0.25, 0.3) is 21.1 Å². The first kappa shape index (κ1) is 14.1. The summed E-state index contributed by atoms with van der Waals surface area (Å²) in [5.41, 5.74) is 2.35. The summed E-state index contributed by atoms with van der Waals surface area (Å²) >= 11 is 1.38. The first-order valence-electron chi connectivity index (χ1n) is 7.21. The average Bonchev–Trinajstić information content (AvgIpc) is 3.11. The number of pyridine rings is 1. The predicted octanol–water partition coefficient (Wildman–Crippen LogP) is 3.54. The van der Waals surface area contributed by atoms with Crippen molar-refractivity contribution in [3.63, 3.8) is 0 Å². The fourth-order valence-corrected chi connectivity index (χ4v) is 3.49. The van der Waals surface area contributed by atoms with Gasteiger partial charge in [0.1, 0.15) is 11.1 Å². The molecule has 3 N–H and O–H groups in total. The van der Waals surface area contributed by atoms with Gasteiger partial charge in [-0.2, -0.15) is 9.47 Å². The first-order chi connectivity index (χ1) is 11.0. The standard InChI is InChI=1S/C16H15N5OS/c1-16(2,22)14-10-6-5-9(8-12(10)23-21-14)18-15-13-11(19-20-15)4-3-7-17-13/h3-8,22H,1-2H3,(H2,18,19,20). The highest BCUT2D eigenvalue weighted by Crippen LogP contribution is 2.33. The Labute approximate surface area is 136 Å². The van der Waals surface area contributed by atoms with Crippen LogP contribution in [-0.2, 0) is 5.60 Å². The summed E-state index contributed by atoms with van der Waals surface area (Å²) in [5, 5.41) is 21.6. The molecule has 116 valence electrons. The zero-order valence-electron chi connectivity index (χ0n) is 12.7. The molecule has 0 aliphatic rings. The van der Waals surface area contributed by atoms with Gasteiger partial charge in [-0.3, -0.25) is 10.1 Å². The largest absolute Gasteiger partial charge is 0.384 e. The van der Waals surface area contributed by atoms with Crippen LogP contribution < -0.4 is 5.32 Å².